The summed E-state index contributed by atoms with van der Waals surface area (Å²) in [6.07, 6.45) is 1.43. The molecule has 0 radical (unpaired) electrons. The Bertz CT molecular complexity index is 553. The van der Waals surface area contributed by atoms with Crippen LogP contribution in [0.1, 0.15) is 51.5 Å². The molecule has 0 aromatic heterocycles. The van der Waals surface area contributed by atoms with E-state index in [4.69, 9.17) is 5.73 Å². The van der Waals surface area contributed by atoms with Crippen molar-refractivity contribution in [1.82, 2.24) is 5.32 Å². The van der Waals surface area contributed by atoms with Crippen molar-refractivity contribution in [2.24, 2.45) is 5.73 Å². The molecule has 4 N–H and O–H groups in total. The number of nitrogens with one attached hydrogen (secondary N) is 1. The third kappa shape index (κ3) is 6.36. The Hall–Kier alpha value is -1.53. The maximum absolute atomic E-state index is 12.2. The molecule has 140 valence electrons. The molecule has 0 aliphatic rings. The highest BCUT2D eigenvalue weighted by atomic mass is 32.2. The summed E-state index contributed by atoms with van der Waals surface area (Å²) in [4.78, 5) is 23.8. The first-order valence-electron chi connectivity index (χ1n) is 8.77. The average molecular weight is 367 g/mol. The van der Waals surface area contributed by atoms with Crippen molar-refractivity contribution in [3.8, 4) is 0 Å². The zero-order chi connectivity index (χ0) is 18.9. The Kier molecular flexibility index (Phi) is 9.00. The summed E-state index contributed by atoms with van der Waals surface area (Å²) in [5, 5.41) is 13.9. The molecule has 3 atom stereocenters. The first-order chi connectivity index (χ1) is 11.8. The number of primary amides is 1. The zero-order valence-corrected chi connectivity index (χ0v) is 16.1. The molecule has 0 saturated carbocycles. The average Bonchev–Trinajstić information content (AvgIpc) is 2.59. The summed E-state index contributed by atoms with van der Waals surface area (Å²) in [5.74, 6) is 0.581. The summed E-state index contributed by atoms with van der Waals surface area (Å²) < 4.78 is 0. The summed E-state index contributed by atoms with van der Waals surface area (Å²) in [5.41, 5.74) is 4.85. The topological polar surface area (TPSA) is 92.4 Å². The Morgan fingerprint density at radius 3 is 2.40 bits per heavy atom. The van der Waals surface area contributed by atoms with Gasteiger partial charge in [0.2, 0.25) is 5.91 Å². The second-order valence-electron chi connectivity index (χ2n) is 6.25. The molecule has 5 nitrogen and oxygen atoms in total. The molecule has 0 spiro atoms. The number of thioether (sulfide) groups is 1. The summed E-state index contributed by atoms with van der Waals surface area (Å²) >= 11 is 1.70. The number of amides is 2. The van der Waals surface area contributed by atoms with Gasteiger partial charge in [0.05, 0.1) is 6.04 Å². The number of hydrogen-bond acceptors (Lipinski definition) is 4. The third-order valence-corrected chi connectivity index (χ3v) is 5.39. The van der Waals surface area contributed by atoms with E-state index in [2.05, 4.69) is 5.32 Å². The van der Waals surface area contributed by atoms with E-state index < -0.39 is 17.6 Å². The lowest BCUT2D eigenvalue weighted by molar-refractivity contribution is -0.142. The molecule has 0 bridgehead atoms. The minimum Gasteiger partial charge on any atom is -0.378 e. The molecule has 1 rings (SSSR count). The van der Waals surface area contributed by atoms with Gasteiger partial charge in [-0.25, -0.2) is 0 Å². The number of carbonyl (C=O) groups excluding carboxylic acids is 2. The maximum Gasteiger partial charge on any atom is 0.251 e. The van der Waals surface area contributed by atoms with Gasteiger partial charge >= 0.3 is 0 Å². The molecule has 2 amide bonds. The molecule has 1 aromatic carbocycles. The van der Waals surface area contributed by atoms with Gasteiger partial charge in [0.1, 0.15) is 0 Å². The fourth-order valence-corrected chi connectivity index (χ4v) is 3.73. The molecule has 25 heavy (non-hydrogen) atoms. The predicted octanol–water partition coefficient (Wildman–Crippen LogP) is 2.43. The van der Waals surface area contributed by atoms with E-state index in [-0.39, 0.29) is 18.2 Å². The standard InChI is InChI=1S/C19H30N2O3S/c1-4-15(16-9-7-6-8-10-16)13-19(24,18(20)23)17(21-14(3)22)11-12-25-5-2/h6-10,15,17,24H,4-5,11-13H2,1-3H3,(H2,20,23)(H,21,22). The summed E-state index contributed by atoms with van der Waals surface area (Å²) in [7, 11) is 0. The minimum atomic E-state index is -1.78. The fraction of sp³-hybridized carbons (Fsp3) is 0.579. The van der Waals surface area contributed by atoms with Gasteiger partial charge in [0.15, 0.2) is 5.60 Å². The van der Waals surface area contributed by atoms with E-state index in [0.717, 1.165) is 23.5 Å². The molecular formula is C19H30N2O3S. The van der Waals surface area contributed by atoms with Crippen LogP contribution in [0.15, 0.2) is 30.3 Å². The van der Waals surface area contributed by atoms with Crippen molar-refractivity contribution < 1.29 is 14.7 Å². The van der Waals surface area contributed by atoms with Crippen molar-refractivity contribution in [1.29, 1.82) is 0 Å². The van der Waals surface area contributed by atoms with Crippen LogP contribution in [0, 0.1) is 0 Å². The van der Waals surface area contributed by atoms with Gasteiger partial charge < -0.3 is 16.2 Å². The first kappa shape index (κ1) is 21.5. The number of hydrogen-bond donors (Lipinski definition) is 3. The molecular weight excluding hydrogens is 336 g/mol. The van der Waals surface area contributed by atoms with Gasteiger partial charge in [-0.3, -0.25) is 9.59 Å². The Labute approximate surface area is 154 Å². The van der Waals surface area contributed by atoms with Crippen molar-refractivity contribution in [3.05, 3.63) is 35.9 Å². The Balaban J connectivity index is 3.07. The van der Waals surface area contributed by atoms with Gasteiger partial charge in [-0.1, -0.05) is 44.2 Å². The summed E-state index contributed by atoms with van der Waals surface area (Å²) in [6.45, 7) is 5.44. The van der Waals surface area contributed by atoms with Gasteiger partial charge in [-0.05, 0) is 42.2 Å². The van der Waals surface area contributed by atoms with E-state index in [1.165, 1.54) is 6.92 Å². The molecule has 0 heterocycles. The van der Waals surface area contributed by atoms with Gasteiger partial charge in [-0.2, -0.15) is 11.8 Å². The van der Waals surface area contributed by atoms with Crippen molar-refractivity contribution >= 4 is 23.6 Å². The highest BCUT2D eigenvalue weighted by Gasteiger charge is 2.44. The normalized spacial score (nSPS) is 15.8. The number of nitrogens with two attached hydrogens (primary N) is 1. The first-order valence-corrected chi connectivity index (χ1v) is 9.92. The van der Waals surface area contributed by atoms with Crippen LogP contribution in [0.2, 0.25) is 0 Å². The second kappa shape index (κ2) is 10.5. The minimum absolute atomic E-state index is 0.0196. The highest BCUT2D eigenvalue weighted by Crippen LogP contribution is 2.32. The van der Waals surface area contributed by atoms with E-state index in [9.17, 15) is 14.7 Å². The molecule has 6 heteroatoms. The number of aliphatic hydroxyl groups is 1. The fourth-order valence-electron chi connectivity index (χ4n) is 3.03. The second-order valence-corrected chi connectivity index (χ2v) is 7.64. The largest absolute Gasteiger partial charge is 0.378 e. The zero-order valence-electron chi connectivity index (χ0n) is 15.3. The van der Waals surface area contributed by atoms with E-state index in [1.54, 1.807) is 11.8 Å². The SMILES string of the molecule is CCSCCC(NC(C)=O)C(O)(CC(CC)c1ccccc1)C(N)=O. The third-order valence-electron chi connectivity index (χ3n) is 4.46. The Morgan fingerprint density at radius 2 is 1.92 bits per heavy atom. The molecule has 0 saturated heterocycles. The predicted molar refractivity (Wildman–Crippen MR) is 103 cm³/mol. The Morgan fingerprint density at radius 1 is 1.28 bits per heavy atom. The van der Waals surface area contributed by atoms with Gasteiger partial charge in [0, 0.05) is 6.92 Å². The summed E-state index contributed by atoms with van der Waals surface area (Å²) in [6, 6.07) is 9.07. The maximum atomic E-state index is 12.2. The van der Waals surface area contributed by atoms with Crippen molar-refractivity contribution in [3.63, 3.8) is 0 Å². The number of carbonyl (C=O) groups is 2. The van der Waals surface area contributed by atoms with Crippen LogP contribution < -0.4 is 11.1 Å². The lowest BCUT2D eigenvalue weighted by Gasteiger charge is -2.36. The van der Waals surface area contributed by atoms with Crippen LogP contribution in [0.3, 0.4) is 0 Å². The molecule has 0 fully saturated rings. The van der Waals surface area contributed by atoms with Crippen LogP contribution in [-0.2, 0) is 9.59 Å². The van der Waals surface area contributed by atoms with E-state index in [1.807, 2.05) is 44.2 Å². The molecule has 3 unspecified atom stereocenters. The lowest BCUT2D eigenvalue weighted by atomic mass is 9.79. The molecule has 0 aliphatic carbocycles. The molecule has 0 aliphatic heterocycles. The van der Waals surface area contributed by atoms with Crippen LogP contribution in [0.5, 0.6) is 0 Å². The van der Waals surface area contributed by atoms with Crippen molar-refractivity contribution in [2.45, 2.75) is 57.6 Å². The van der Waals surface area contributed by atoms with E-state index in [0.29, 0.717) is 6.42 Å². The van der Waals surface area contributed by atoms with Crippen LogP contribution in [0.4, 0.5) is 0 Å². The van der Waals surface area contributed by atoms with Crippen LogP contribution in [0.25, 0.3) is 0 Å². The van der Waals surface area contributed by atoms with Crippen LogP contribution in [-0.4, -0.2) is 40.1 Å². The number of rotatable bonds is 11. The van der Waals surface area contributed by atoms with E-state index >= 15 is 0 Å². The van der Waals surface area contributed by atoms with Gasteiger partial charge in [0.25, 0.3) is 5.91 Å². The monoisotopic (exact) mass is 366 g/mol. The quantitative estimate of drug-likeness (QED) is 0.525. The van der Waals surface area contributed by atoms with Gasteiger partial charge in [-0.15, -0.1) is 0 Å². The highest BCUT2D eigenvalue weighted by molar-refractivity contribution is 7.99. The smallest absolute Gasteiger partial charge is 0.251 e. The lowest BCUT2D eigenvalue weighted by Crippen LogP contribution is -2.60. The van der Waals surface area contributed by atoms with Crippen LogP contribution >= 0.6 is 11.8 Å². The van der Waals surface area contributed by atoms with Crippen molar-refractivity contribution in [2.75, 3.05) is 11.5 Å². The molecule has 1 aromatic rings. The number of benzene rings is 1.